The molecule has 0 aliphatic heterocycles. The molecule has 102 valence electrons. The molecule has 0 fully saturated rings. The predicted molar refractivity (Wildman–Crippen MR) is 81.5 cm³/mol. The van der Waals surface area contributed by atoms with Gasteiger partial charge in [-0.25, -0.2) is 4.98 Å². The van der Waals surface area contributed by atoms with E-state index in [1.54, 1.807) is 23.6 Å². The first kappa shape index (κ1) is 14.7. The van der Waals surface area contributed by atoms with E-state index in [9.17, 15) is 4.79 Å². The summed E-state index contributed by atoms with van der Waals surface area (Å²) in [6, 6.07) is 6.78. The van der Waals surface area contributed by atoms with Crippen LogP contribution in [0.25, 0.3) is 0 Å². The van der Waals surface area contributed by atoms with Crippen molar-refractivity contribution < 1.29 is 4.79 Å². The van der Waals surface area contributed by atoms with E-state index < -0.39 is 0 Å². The van der Waals surface area contributed by atoms with Gasteiger partial charge < -0.3 is 11.1 Å². The average molecular weight is 351 g/mol. The van der Waals surface area contributed by atoms with Crippen LogP contribution in [-0.4, -0.2) is 10.9 Å². The molecular formula is C13H11BrN4OS. The fourth-order valence-corrected chi connectivity index (χ4v) is 2.71. The molecule has 0 aliphatic carbocycles. The summed E-state index contributed by atoms with van der Waals surface area (Å²) in [5.74, 6) is -0.307. The Morgan fingerprint density at radius 1 is 1.60 bits per heavy atom. The van der Waals surface area contributed by atoms with Crippen LogP contribution in [0, 0.1) is 11.3 Å². The number of nitrogens with one attached hydrogen (secondary N) is 1. The van der Waals surface area contributed by atoms with Gasteiger partial charge in [0.1, 0.15) is 10.7 Å². The number of benzene rings is 1. The van der Waals surface area contributed by atoms with E-state index in [1.807, 2.05) is 13.0 Å². The molecule has 0 saturated heterocycles. The Kier molecular flexibility index (Phi) is 4.49. The molecule has 1 heterocycles. The predicted octanol–water partition coefficient (Wildman–Crippen LogP) is 3.05. The maximum Gasteiger partial charge on any atom is 0.275 e. The number of amides is 1. The molecule has 0 spiro atoms. The summed E-state index contributed by atoms with van der Waals surface area (Å²) in [5, 5.41) is 13.9. The lowest BCUT2D eigenvalue weighted by molar-refractivity contribution is 0.102. The second-order valence-electron chi connectivity index (χ2n) is 4.12. The second-order valence-corrected chi connectivity index (χ2v) is 5.86. The first-order valence-electron chi connectivity index (χ1n) is 5.73. The Hall–Kier alpha value is -1.75. The van der Waals surface area contributed by atoms with Crippen LogP contribution < -0.4 is 11.1 Å². The average Bonchev–Trinajstić information content (AvgIpc) is 2.91. The van der Waals surface area contributed by atoms with Gasteiger partial charge in [0.25, 0.3) is 5.91 Å². The van der Waals surface area contributed by atoms with Gasteiger partial charge in [0.05, 0.1) is 23.4 Å². The Morgan fingerprint density at radius 2 is 2.35 bits per heavy atom. The van der Waals surface area contributed by atoms with Crippen molar-refractivity contribution in [2.75, 3.05) is 5.32 Å². The van der Waals surface area contributed by atoms with E-state index in [0.29, 0.717) is 26.4 Å². The SMILES string of the molecule is CC(N)c1nc(C(=O)Nc2ccc(C#N)cc2Br)cs1. The van der Waals surface area contributed by atoms with Gasteiger partial charge >= 0.3 is 0 Å². The van der Waals surface area contributed by atoms with Crippen LogP contribution in [0.2, 0.25) is 0 Å². The largest absolute Gasteiger partial charge is 0.322 e. The summed E-state index contributed by atoms with van der Waals surface area (Å²) in [5.41, 5.74) is 7.15. The van der Waals surface area contributed by atoms with Crippen LogP contribution in [0.5, 0.6) is 0 Å². The Balaban J connectivity index is 2.17. The molecule has 20 heavy (non-hydrogen) atoms. The van der Waals surface area contributed by atoms with E-state index in [0.717, 1.165) is 0 Å². The molecular weight excluding hydrogens is 340 g/mol. The monoisotopic (exact) mass is 350 g/mol. The van der Waals surface area contributed by atoms with Crippen molar-refractivity contribution in [2.24, 2.45) is 5.73 Å². The smallest absolute Gasteiger partial charge is 0.275 e. The van der Waals surface area contributed by atoms with Gasteiger partial charge in [-0.2, -0.15) is 5.26 Å². The van der Waals surface area contributed by atoms with Crippen molar-refractivity contribution in [2.45, 2.75) is 13.0 Å². The van der Waals surface area contributed by atoms with Crippen molar-refractivity contribution in [3.63, 3.8) is 0 Å². The third-order valence-electron chi connectivity index (χ3n) is 2.49. The van der Waals surface area contributed by atoms with E-state index in [-0.39, 0.29) is 11.9 Å². The van der Waals surface area contributed by atoms with Crippen LogP contribution in [-0.2, 0) is 0 Å². The van der Waals surface area contributed by atoms with Crippen LogP contribution in [0.15, 0.2) is 28.1 Å². The van der Waals surface area contributed by atoms with Gasteiger partial charge in [-0.1, -0.05) is 0 Å². The fraction of sp³-hybridized carbons (Fsp3) is 0.154. The number of nitriles is 1. The number of anilines is 1. The molecule has 1 amide bonds. The molecule has 7 heteroatoms. The zero-order valence-corrected chi connectivity index (χ0v) is 13.0. The molecule has 0 saturated carbocycles. The summed E-state index contributed by atoms with van der Waals surface area (Å²) in [4.78, 5) is 16.2. The van der Waals surface area contributed by atoms with E-state index in [2.05, 4.69) is 26.2 Å². The lowest BCUT2D eigenvalue weighted by Gasteiger charge is -2.06. The Morgan fingerprint density at radius 3 is 2.90 bits per heavy atom. The lowest BCUT2D eigenvalue weighted by Crippen LogP contribution is -2.13. The van der Waals surface area contributed by atoms with Crippen LogP contribution in [0.1, 0.15) is 34.0 Å². The van der Waals surface area contributed by atoms with Crippen LogP contribution in [0.4, 0.5) is 5.69 Å². The summed E-state index contributed by atoms with van der Waals surface area (Å²) < 4.78 is 0.646. The quantitative estimate of drug-likeness (QED) is 0.889. The van der Waals surface area contributed by atoms with Gasteiger partial charge in [-0.3, -0.25) is 4.79 Å². The minimum absolute atomic E-state index is 0.191. The molecule has 2 rings (SSSR count). The van der Waals surface area contributed by atoms with Gasteiger partial charge in [-0.15, -0.1) is 11.3 Å². The number of hydrogen-bond donors (Lipinski definition) is 2. The van der Waals surface area contributed by atoms with Gasteiger partial charge in [0, 0.05) is 9.85 Å². The highest BCUT2D eigenvalue weighted by Crippen LogP contribution is 2.24. The van der Waals surface area contributed by atoms with Crippen LogP contribution >= 0.6 is 27.3 Å². The van der Waals surface area contributed by atoms with Crippen molar-refractivity contribution in [1.29, 1.82) is 5.26 Å². The first-order valence-corrected chi connectivity index (χ1v) is 7.40. The number of nitrogens with two attached hydrogens (primary N) is 1. The number of thiazole rings is 1. The van der Waals surface area contributed by atoms with Crippen LogP contribution in [0.3, 0.4) is 0 Å². The Bertz CT molecular complexity index is 690. The molecule has 1 aromatic heterocycles. The van der Waals surface area contributed by atoms with E-state index in [1.165, 1.54) is 11.3 Å². The van der Waals surface area contributed by atoms with Crippen molar-refractivity contribution in [3.05, 3.63) is 44.3 Å². The molecule has 2 aromatic rings. The molecule has 1 atom stereocenters. The van der Waals surface area contributed by atoms with E-state index in [4.69, 9.17) is 11.0 Å². The fourth-order valence-electron chi connectivity index (χ4n) is 1.47. The maximum atomic E-state index is 12.1. The highest BCUT2D eigenvalue weighted by atomic mass is 79.9. The van der Waals surface area contributed by atoms with Gasteiger partial charge in [0.2, 0.25) is 0 Å². The summed E-state index contributed by atoms with van der Waals surface area (Å²) in [6.07, 6.45) is 0. The third-order valence-corrected chi connectivity index (χ3v) is 4.19. The number of hydrogen-bond acceptors (Lipinski definition) is 5. The summed E-state index contributed by atoms with van der Waals surface area (Å²) in [6.45, 7) is 1.82. The van der Waals surface area contributed by atoms with Gasteiger partial charge in [0.15, 0.2) is 0 Å². The standard InChI is InChI=1S/C13H11BrN4OS/c1-7(16)13-18-11(6-20-13)12(19)17-10-3-2-8(5-15)4-9(10)14/h2-4,6-7H,16H2,1H3,(H,17,19). The summed E-state index contributed by atoms with van der Waals surface area (Å²) in [7, 11) is 0. The minimum atomic E-state index is -0.307. The molecule has 3 N–H and O–H groups in total. The molecule has 1 unspecified atom stereocenters. The molecule has 0 radical (unpaired) electrons. The molecule has 0 aliphatic rings. The third kappa shape index (κ3) is 3.22. The zero-order valence-electron chi connectivity index (χ0n) is 10.6. The Labute approximate surface area is 128 Å². The minimum Gasteiger partial charge on any atom is -0.322 e. The first-order chi connectivity index (χ1) is 9.51. The highest BCUT2D eigenvalue weighted by molar-refractivity contribution is 9.10. The molecule has 1 aromatic carbocycles. The molecule has 0 bridgehead atoms. The van der Waals surface area contributed by atoms with Crippen molar-refractivity contribution >= 4 is 38.9 Å². The summed E-state index contributed by atoms with van der Waals surface area (Å²) >= 11 is 4.67. The maximum absolute atomic E-state index is 12.1. The number of rotatable bonds is 3. The number of carbonyl (C=O) groups is 1. The number of carbonyl (C=O) groups excluding carboxylic acids is 1. The van der Waals surface area contributed by atoms with Crippen molar-refractivity contribution in [1.82, 2.24) is 4.98 Å². The zero-order chi connectivity index (χ0) is 14.7. The topological polar surface area (TPSA) is 91.8 Å². The van der Waals surface area contributed by atoms with E-state index >= 15 is 0 Å². The second kappa shape index (κ2) is 6.13. The number of aromatic nitrogens is 1. The lowest BCUT2D eigenvalue weighted by atomic mass is 10.2. The highest BCUT2D eigenvalue weighted by Gasteiger charge is 2.14. The molecule has 5 nitrogen and oxygen atoms in total. The van der Waals surface area contributed by atoms with Gasteiger partial charge in [-0.05, 0) is 41.1 Å². The number of halogens is 1. The number of nitrogens with zero attached hydrogens (tertiary/aromatic N) is 2. The van der Waals surface area contributed by atoms with Crippen molar-refractivity contribution in [3.8, 4) is 6.07 Å². The normalized spacial score (nSPS) is 11.7.